The average Bonchev–Trinajstić information content (AvgIpc) is 2.50. The Morgan fingerprint density at radius 3 is 2.73 bits per heavy atom. The van der Waals surface area contributed by atoms with Crippen molar-refractivity contribution in [3.8, 4) is 12.3 Å². The van der Waals surface area contributed by atoms with Crippen LogP contribution in [0.5, 0.6) is 0 Å². The van der Waals surface area contributed by atoms with Crippen LogP contribution in [0.1, 0.15) is 37.2 Å². The molecule has 0 aliphatic rings. The molecule has 1 aromatic rings. The van der Waals surface area contributed by atoms with Gasteiger partial charge in [0, 0.05) is 12.0 Å². The molecule has 1 unspecified atom stereocenters. The fourth-order valence-corrected chi connectivity index (χ4v) is 2.48. The van der Waals surface area contributed by atoms with Gasteiger partial charge in [-0.3, -0.25) is 4.79 Å². The summed E-state index contributed by atoms with van der Waals surface area (Å²) in [5.41, 5.74) is 0.185. The standard InChI is InChI=1S/C16H16BrF3O2/c1-3-16(19,20)10-5-4-7-12(15(21)22-2)11-8-6-9-13(17)14(11)18/h1,6,8-9,12H,4-5,7,10H2,2H3. The van der Waals surface area contributed by atoms with Gasteiger partial charge in [0.2, 0.25) is 0 Å². The number of alkyl halides is 2. The van der Waals surface area contributed by atoms with E-state index < -0.39 is 30.0 Å². The van der Waals surface area contributed by atoms with Crippen LogP contribution in [-0.4, -0.2) is 19.0 Å². The van der Waals surface area contributed by atoms with Crippen LogP contribution in [0.2, 0.25) is 0 Å². The quantitative estimate of drug-likeness (QED) is 0.392. The molecule has 120 valence electrons. The van der Waals surface area contributed by atoms with Crippen LogP contribution in [-0.2, 0) is 9.53 Å². The molecule has 0 N–H and O–H groups in total. The van der Waals surface area contributed by atoms with E-state index in [1.54, 1.807) is 6.07 Å². The van der Waals surface area contributed by atoms with Gasteiger partial charge in [-0.05, 0) is 40.8 Å². The van der Waals surface area contributed by atoms with Crippen molar-refractivity contribution in [1.82, 2.24) is 0 Å². The minimum Gasteiger partial charge on any atom is -0.469 e. The van der Waals surface area contributed by atoms with E-state index in [4.69, 9.17) is 6.42 Å². The van der Waals surface area contributed by atoms with Crippen LogP contribution in [0, 0.1) is 18.2 Å². The van der Waals surface area contributed by atoms with Gasteiger partial charge in [-0.2, -0.15) is 8.78 Å². The zero-order chi connectivity index (χ0) is 16.8. The van der Waals surface area contributed by atoms with E-state index in [0.717, 1.165) is 0 Å². The number of terminal acetylenes is 1. The molecule has 0 spiro atoms. The van der Waals surface area contributed by atoms with Crippen LogP contribution < -0.4 is 0 Å². The lowest BCUT2D eigenvalue weighted by molar-refractivity contribution is -0.142. The Bertz CT molecular complexity index is 567. The monoisotopic (exact) mass is 376 g/mol. The van der Waals surface area contributed by atoms with E-state index in [-0.39, 0.29) is 22.9 Å². The van der Waals surface area contributed by atoms with Crippen molar-refractivity contribution in [2.75, 3.05) is 7.11 Å². The molecule has 0 aliphatic carbocycles. The minimum atomic E-state index is -3.15. The molecular formula is C16H16BrF3O2. The Balaban J connectivity index is 2.77. The van der Waals surface area contributed by atoms with Crippen molar-refractivity contribution in [3.05, 3.63) is 34.1 Å². The molecular weight excluding hydrogens is 361 g/mol. The van der Waals surface area contributed by atoms with E-state index >= 15 is 0 Å². The van der Waals surface area contributed by atoms with Crippen LogP contribution >= 0.6 is 15.9 Å². The predicted molar refractivity (Wildman–Crippen MR) is 81.1 cm³/mol. The van der Waals surface area contributed by atoms with Gasteiger partial charge in [0.25, 0.3) is 0 Å². The number of esters is 1. The molecule has 0 aromatic heterocycles. The molecule has 0 saturated heterocycles. The van der Waals surface area contributed by atoms with Crippen molar-refractivity contribution in [3.63, 3.8) is 0 Å². The van der Waals surface area contributed by atoms with Gasteiger partial charge in [-0.1, -0.05) is 18.6 Å². The van der Waals surface area contributed by atoms with Gasteiger partial charge in [0.05, 0.1) is 17.5 Å². The minimum absolute atomic E-state index is 0.139. The molecule has 0 aliphatic heterocycles. The lowest BCUT2D eigenvalue weighted by Gasteiger charge is -2.17. The van der Waals surface area contributed by atoms with Gasteiger partial charge in [-0.25, -0.2) is 4.39 Å². The summed E-state index contributed by atoms with van der Waals surface area (Å²) in [5, 5.41) is 0. The Morgan fingerprint density at radius 2 is 2.14 bits per heavy atom. The maximum absolute atomic E-state index is 14.1. The number of hydrogen-bond acceptors (Lipinski definition) is 2. The van der Waals surface area contributed by atoms with Crippen LogP contribution in [0.15, 0.2) is 22.7 Å². The van der Waals surface area contributed by atoms with Crippen LogP contribution in [0.4, 0.5) is 13.2 Å². The molecule has 0 fully saturated rings. The second kappa shape index (κ2) is 8.23. The number of carbonyl (C=O) groups excluding carboxylic acids is 1. The summed E-state index contributed by atoms with van der Waals surface area (Å²) in [6.45, 7) is 0. The highest BCUT2D eigenvalue weighted by Gasteiger charge is 2.27. The third-order valence-electron chi connectivity index (χ3n) is 3.29. The van der Waals surface area contributed by atoms with E-state index in [2.05, 4.69) is 20.7 Å². The zero-order valence-corrected chi connectivity index (χ0v) is 13.6. The number of ether oxygens (including phenoxy) is 1. The largest absolute Gasteiger partial charge is 0.469 e. The van der Waals surface area contributed by atoms with Crippen LogP contribution in [0.3, 0.4) is 0 Å². The van der Waals surface area contributed by atoms with Gasteiger partial charge in [-0.15, -0.1) is 6.42 Å². The normalized spacial score (nSPS) is 12.5. The summed E-state index contributed by atoms with van der Waals surface area (Å²) in [6.07, 6.45) is 4.91. The molecule has 0 amide bonds. The van der Waals surface area contributed by atoms with Gasteiger partial charge in [0.1, 0.15) is 5.82 Å². The number of hydrogen-bond donors (Lipinski definition) is 0. The molecule has 1 aromatic carbocycles. The lowest BCUT2D eigenvalue weighted by Crippen LogP contribution is -2.17. The predicted octanol–water partition coefficient (Wildman–Crippen LogP) is 4.67. The van der Waals surface area contributed by atoms with Gasteiger partial charge >= 0.3 is 11.9 Å². The lowest BCUT2D eigenvalue weighted by atomic mass is 9.92. The van der Waals surface area contributed by atoms with Crippen molar-refractivity contribution in [1.29, 1.82) is 0 Å². The van der Waals surface area contributed by atoms with E-state index in [0.29, 0.717) is 6.42 Å². The van der Waals surface area contributed by atoms with Gasteiger partial charge in [0.15, 0.2) is 0 Å². The fraction of sp³-hybridized carbons (Fsp3) is 0.438. The highest BCUT2D eigenvalue weighted by Crippen LogP contribution is 2.30. The van der Waals surface area contributed by atoms with Crippen molar-refractivity contribution < 1.29 is 22.7 Å². The molecule has 1 rings (SSSR count). The summed E-state index contributed by atoms with van der Waals surface area (Å²) in [4.78, 5) is 11.8. The first-order valence-corrected chi connectivity index (χ1v) is 7.49. The molecule has 0 heterocycles. The summed E-state index contributed by atoms with van der Waals surface area (Å²) >= 11 is 3.05. The highest BCUT2D eigenvalue weighted by atomic mass is 79.9. The second-order valence-electron chi connectivity index (χ2n) is 4.81. The topological polar surface area (TPSA) is 26.3 Å². The fourth-order valence-electron chi connectivity index (χ4n) is 2.10. The first kappa shape index (κ1) is 18.6. The second-order valence-corrected chi connectivity index (χ2v) is 5.67. The summed E-state index contributed by atoms with van der Waals surface area (Å²) in [7, 11) is 1.21. The third-order valence-corrected chi connectivity index (χ3v) is 3.90. The number of rotatable bonds is 7. The van der Waals surface area contributed by atoms with E-state index in [1.165, 1.54) is 25.2 Å². The highest BCUT2D eigenvalue weighted by molar-refractivity contribution is 9.10. The molecule has 6 heteroatoms. The Labute approximate surface area is 136 Å². The number of benzene rings is 1. The third kappa shape index (κ3) is 5.06. The van der Waals surface area contributed by atoms with Crippen molar-refractivity contribution >= 4 is 21.9 Å². The first-order chi connectivity index (χ1) is 10.3. The summed E-state index contributed by atoms with van der Waals surface area (Å²) in [6, 6.07) is 4.60. The molecule has 0 bridgehead atoms. The number of methoxy groups -OCH3 is 1. The zero-order valence-electron chi connectivity index (χ0n) is 12.0. The molecule has 0 saturated carbocycles. The molecule has 2 nitrogen and oxygen atoms in total. The first-order valence-electron chi connectivity index (χ1n) is 6.69. The average molecular weight is 377 g/mol. The Morgan fingerprint density at radius 1 is 1.45 bits per heavy atom. The Hall–Kier alpha value is -1.48. The van der Waals surface area contributed by atoms with Crippen molar-refractivity contribution in [2.45, 2.75) is 37.5 Å². The smallest absolute Gasteiger partial charge is 0.313 e. The summed E-state index contributed by atoms with van der Waals surface area (Å²) < 4.78 is 44.9. The maximum Gasteiger partial charge on any atom is 0.313 e. The SMILES string of the molecule is C#CC(F)(F)CCCCC(C(=O)OC)c1cccc(Br)c1F. The van der Waals surface area contributed by atoms with Gasteiger partial charge < -0.3 is 4.74 Å². The molecule has 0 radical (unpaired) electrons. The van der Waals surface area contributed by atoms with E-state index in [9.17, 15) is 18.0 Å². The molecule has 22 heavy (non-hydrogen) atoms. The maximum atomic E-state index is 14.1. The van der Waals surface area contributed by atoms with Crippen molar-refractivity contribution in [2.24, 2.45) is 0 Å². The Kier molecular flexibility index (Phi) is 6.95. The molecule has 1 atom stereocenters. The number of unbranched alkanes of at least 4 members (excludes halogenated alkanes) is 1. The number of halogens is 4. The number of carbonyl (C=O) groups is 1. The van der Waals surface area contributed by atoms with E-state index in [1.807, 2.05) is 0 Å². The van der Waals surface area contributed by atoms with Crippen LogP contribution in [0.25, 0.3) is 0 Å². The summed E-state index contributed by atoms with van der Waals surface area (Å²) in [5.74, 6) is -3.71.